The maximum absolute atomic E-state index is 11.1. The third kappa shape index (κ3) is 3.47. The number of aliphatic carboxylic acids is 1. The van der Waals surface area contributed by atoms with Gasteiger partial charge in [0, 0.05) is 23.7 Å². The summed E-state index contributed by atoms with van der Waals surface area (Å²) in [6, 6.07) is 0. The summed E-state index contributed by atoms with van der Waals surface area (Å²) in [7, 11) is 0. The molecule has 0 spiro atoms. The molecule has 0 fully saturated rings. The Morgan fingerprint density at radius 1 is 1.58 bits per heavy atom. The van der Waals surface area contributed by atoms with Crippen LogP contribution < -0.4 is 5.73 Å². The average molecular weight is 267 g/mol. The quantitative estimate of drug-likeness (QED) is 0.590. The highest BCUT2D eigenvalue weighted by molar-refractivity contribution is 5.70. The third-order valence-electron chi connectivity index (χ3n) is 3.06. The van der Waals surface area contributed by atoms with Gasteiger partial charge in [0.25, 0.3) is 5.69 Å². The van der Waals surface area contributed by atoms with Gasteiger partial charge in [-0.15, -0.1) is 0 Å². The molecule has 1 rings (SSSR count). The fraction of sp³-hybridized carbons (Fsp3) is 0.500. The minimum atomic E-state index is -0.963. The van der Waals surface area contributed by atoms with Gasteiger partial charge in [0.2, 0.25) is 0 Å². The van der Waals surface area contributed by atoms with Crippen molar-refractivity contribution < 1.29 is 14.8 Å². The first-order chi connectivity index (χ1) is 8.88. The normalized spacial score (nSPS) is 12.2. The highest BCUT2D eigenvalue weighted by Crippen LogP contribution is 2.26. The molecule has 0 saturated heterocycles. The van der Waals surface area contributed by atoms with Crippen molar-refractivity contribution in [1.29, 1.82) is 0 Å². The largest absolute Gasteiger partial charge is 0.481 e. The van der Waals surface area contributed by atoms with Gasteiger partial charge in [0.05, 0.1) is 16.5 Å². The van der Waals surface area contributed by atoms with Gasteiger partial charge in [-0.3, -0.25) is 19.9 Å². The number of nitrogens with two attached hydrogens (primary N) is 1. The Morgan fingerprint density at radius 2 is 2.21 bits per heavy atom. The van der Waals surface area contributed by atoms with Crippen LogP contribution in [0.5, 0.6) is 0 Å². The van der Waals surface area contributed by atoms with Crippen molar-refractivity contribution in [2.24, 2.45) is 11.7 Å². The van der Waals surface area contributed by atoms with Crippen molar-refractivity contribution in [3.8, 4) is 0 Å². The van der Waals surface area contributed by atoms with Gasteiger partial charge in [-0.25, -0.2) is 0 Å². The van der Waals surface area contributed by atoms with Gasteiger partial charge < -0.3 is 10.8 Å². The van der Waals surface area contributed by atoms with Crippen molar-refractivity contribution >= 4 is 11.7 Å². The van der Waals surface area contributed by atoms with E-state index in [1.165, 1.54) is 6.20 Å². The standard InChI is InChI=1S/C12H17N3O4/c1-7-6-14-10(8(2)11(7)15(18)19)5-9(3-4-13)12(16)17/h6,9H,3-5,13H2,1-2H3,(H,16,17). The van der Waals surface area contributed by atoms with E-state index in [4.69, 9.17) is 10.8 Å². The molecule has 0 aliphatic heterocycles. The number of aromatic nitrogens is 1. The van der Waals surface area contributed by atoms with Gasteiger partial charge in [-0.1, -0.05) is 0 Å². The number of rotatable bonds is 6. The topological polar surface area (TPSA) is 119 Å². The number of aryl methyl sites for hydroxylation is 1. The molecule has 0 radical (unpaired) electrons. The summed E-state index contributed by atoms with van der Waals surface area (Å²) in [5, 5.41) is 20.1. The van der Waals surface area contributed by atoms with Crippen molar-refractivity contribution in [2.45, 2.75) is 26.7 Å². The predicted octanol–water partition coefficient (Wildman–Crippen LogP) is 1.20. The first kappa shape index (κ1) is 15.0. The van der Waals surface area contributed by atoms with Gasteiger partial charge in [-0.2, -0.15) is 0 Å². The fourth-order valence-corrected chi connectivity index (χ4v) is 2.00. The fourth-order valence-electron chi connectivity index (χ4n) is 2.00. The zero-order chi connectivity index (χ0) is 14.6. The molecule has 104 valence electrons. The molecule has 0 saturated carbocycles. The van der Waals surface area contributed by atoms with Crippen LogP contribution in [0.3, 0.4) is 0 Å². The van der Waals surface area contributed by atoms with Gasteiger partial charge in [0.15, 0.2) is 0 Å². The molecule has 7 nitrogen and oxygen atoms in total. The number of hydrogen-bond acceptors (Lipinski definition) is 5. The predicted molar refractivity (Wildman–Crippen MR) is 68.9 cm³/mol. The number of pyridine rings is 1. The van der Waals surface area contributed by atoms with Crippen LogP contribution in [0.4, 0.5) is 5.69 Å². The van der Waals surface area contributed by atoms with E-state index in [2.05, 4.69) is 4.98 Å². The zero-order valence-corrected chi connectivity index (χ0v) is 10.9. The maximum atomic E-state index is 11.1. The van der Waals surface area contributed by atoms with E-state index < -0.39 is 16.8 Å². The lowest BCUT2D eigenvalue weighted by Gasteiger charge is -2.13. The number of carboxylic acids is 1. The SMILES string of the molecule is Cc1cnc(CC(CCN)C(=O)O)c(C)c1[N+](=O)[O-]. The molecule has 7 heteroatoms. The molecule has 1 unspecified atom stereocenters. The molecule has 0 aromatic carbocycles. The van der Waals surface area contributed by atoms with Crippen molar-refractivity contribution in [3.05, 3.63) is 33.1 Å². The van der Waals surface area contributed by atoms with E-state index >= 15 is 0 Å². The summed E-state index contributed by atoms with van der Waals surface area (Å²) in [5.74, 6) is -1.63. The first-order valence-corrected chi connectivity index (χ1v) is 5.90. The molecule has 0 bridgehead atoms. The smallest absolute Gasteiger partial charge is 0.306 e. The molecule has 1 heterocycles. The van der Waals surface area contributed by atoms with E-state index in [0.717, 1.165) is 0 Å². The number of nitrogens with zero attached hydrogens (tertiary/aromatic N) is 2. The first-order valence-electron chi connectivity index (χ1n) is 5.90. The Kier molecular flexibility index (Phi) is 4.94. The van der Waals surface area contributed by atoms with Gasteiger partial charge >= 0.3 is 5.97 Å². The summed E-state index contributed by atoms with van der Waals surface area (Å²) in [6.45, 7) is 3.45. The minimum Gasteiger partial charge on any atom is -0.481 e. The monoisotopic (exact) mass is 267 g/mol. The molecule has 1 aromatic heterocycles. The third-order valence-corrected chi connectivity index (χ3v) is 3.06. The van der Waals surface area contributed by atoms with E-state index in [-0.39, 0.29) is 18.7 Å². The maximum Gasteiger partial charge on any atom is 0.306 e. The summed E-state index contributed by atoms with van der Waals surface area (Å²) in [5.41, 5.74) is 6.71. The van der Waals surface area contributed by atoms with Crippen molar-refractivity contribution in [3.63, 3.8) is 0 Å². The van der Waals surface area contributed by atoms with Crippen molar-refractivity contribution in [2.75, 3.05) is 6.54 Å². The summed E-state index contributed by atoms with van der Waals surface area (Å²) in [4.78, 5) is 25.7. The molecule has 3 N–H and O–H groups in total. The number of nitro groups is 1. The highest BCUT2D eigenvalue weighted by atomic mass is 16.6. The van der Waals surface area contributed by atoms with Crippen molar-refractivity contribution in [1.82, 2.24) is 4.98 Å². The van der Waals surface area contributed by atoms with Gasteiger partial charge in [-0.05, 0) is 26.8 Å². The van der Waals surface area contributed by atoms with Crippen LogP contribution in [-0.4, -0.2) is 27.5 Å². The number of carboxylic acid groups (broad SMARTS) is 1. The van der Waals surface area contributed by atoms with Gasteiger partial charge in [0.1, 0.15) is 0 Å². The Hall–Kier alpha value is -2.02. The van der Waals surface area contributed by atoms with Crippen LogP contribution in [0.15, 0.2) is 6.20 Å². The highest BCUT2D eigenvalue weighted by Gasteiger charge is 2.23. The van der Waals surface area contributed by atoms with Crippen LogP contribution in [0.2, 0.25) is 0 Å². The number of hydrogen-bond donors (Lipinski definition) is 2. The van der Waals surface area contributed by atoms with E-state index in [0.29, 0.717) is 23.2 Å². The van der Waals surface area contributed by atoms with Crippen LogP contribution >= 0.6 is 0 Å². The molecule has 1 aromatic rings. The summed E-state index contributed by atoms with van der Waals surface area (Å²) in [6.07, 6.45) is 1.87. The Labute approximate surface area is 110 Å². The molecule has 0 aliphatic carbocycles. The van der Waals surface area contributed by atoms with Crippen LogP contribution in [0.1, 0.15) is 23.2 Å². The van der Waals surface area contributed by atoms with Crippen LogP contribution in [0, 0.1) is 29.9 Å². The minimum absolute atomic E-state index is 0.00175. The van der Waals surface area contributed by atoms with Crippen LogP contribution in [-0.2, 0) is 11.2 Å². The molecule has 19 heavy (non-hydrogen) atoms. The summed E-state index contributed by atoms with van der Waals surface area (Å²) < 4.78 is 0. The zero-order valence-electron chi connectivity index (χ0n) is 10.9. The van der Waals surface area contributed by atoms with E-state index in [1.807, 2.05) is 0 Å². The summed E-state index contributed by atoms with van der Waals surface area (Å²) >= 11 is 0. The Morgan fingerprint density at radius 3 is 2.68 bits per heavy atom. The Balaban J connectivity index is 3.11. The van der Waals surface area contributed by atoms with E-state index in [9.17, 15) is 14.9 Å². The lowest BCUT2D eigenvalue weighted by molar-refractivity contribution is -0.386. The lowest BCUT2D eigenvalue weighted by Crippen LogP contribution is -2.21. The second-order valence-electron chi connectivity index (χ2n) is 4.44. The molecule has 1 atom stereocenters. The molecular weight excluding hydrogens is 250 g/mol. The van der Waals surface area contributed by atoms with Crippen LogP contribution in [0.25, 0.3) is 0 Å². The lowest BCUT2D eigenvalue weighted by atomic mass is 9.96. The Bertz CT molecular complexity index is 502. The molecule has 0 amide bonds. The second-order valence-corrected chi connectivity index (χ2v) is 4.44. The van der Waals surface area contributed by atoms with E-state index in [1.54, 1.807) is 13.8 Å². The molecular formula is C12H17N3O4. The molecule has 0 aliphatic rings. The second kappa shape index (κ2) is 6.24. The average Bonchev–Trinajstić information content (AvgIpc) is 2.31. The number of carbonyl (C=O) groups is 1.